The average molecular weight is 343 g/mol. The Bertz CT molecular complexity index is 607. The van der Waals surface area contributed by atoms with Gasteiger partial charge in [-0.15, -0.1) is 11.3 Å². The summed E-state index contributed by atoms with van der Waals surface area (Å²) in [6.45, 7) is 0. The Kier molecular flexibility index (Phi) is 4.06. The normalized spacial score (nSPS) is 12.1. The second-order valence-electron chi connectivity index (χ2n) is 3.91. The molecule has 0 unspecified atom stereocenters. The zero-order valence-electron chi connectivity index (χ0n) is 9.96. The molecule has 2 heterocycles. The second kappa shape index (κ2) is 5.58. The summed E-state index contributed by atoms with van der Waals surface area (Å²) < 4.78 is 2.40. The number of rotatable bonds is 4. The molecule has 0 spiro atoms. The Balaban J connectivity index is 2.21. The number of hydrogen-bond acceptors (Lipinski definition) is 3. The third-order valence-corrected chi connectivity index (χ3v) is 3.93. The van der Waals surface area contributed by atoms with E-state index in [2.05, 4.69) is 21.2 Å². The molecule has 19 heavy (non-hydrogen) atoms. The molecular formula is C12H11BrN2O3S. The Morgan fingerprint density at radius 1 is 1.53 bits per heavy atom. The van der Waals surface area contributed by atoms with Gasteiger partial charge in [0.15, 0.2) is 6.04 Å². The van der Waals surface area contributed by atoms with Gasteiger partial charge in [-0.05, 0) is 33.4 Å². The molecule has 0 aliphatic carbocycles. The van der Waals surface area contributed by atoms with Crippen molar-refractivity contribution in [3.05, 3.63) is 44.8 Å². The van der Waals surface area contributed by atoms with Crippen LogP contribution in [0.2, 0.25) is 0 Å². The maximum atomic E-state index is 12.1. The number of halogens is 1. The molecule has 0 aliphatic rings. The predicted octanol–water partition coefficient (Wildman–Crippen LogP) is 2.40. The Labute approximate surface area is 122 Å². The number of carboxylic acid groups (broad SMARTS) is 1. The molecule has 0 fully saturated rings. The number of aryl methyl sites for hydroxylation is 1. The van der Waals surface area contributed by atoms with Gasteiger partial charge in [-0.25, -0.2) is 4.79 Å². The van der Waals surface area contributed by atoms with Crippen LogP contribution >= 0.6 is 27.3 Å². The summed E-state index contributed by atoms with van der Waals surface area (Å²) in [5.74, 6) is -1.50. The molecular weight excluding hydrogens is 332 g/mol. The van der Waals surface area contributed by atoms with Crippen LogP contribution in [0, 0.1) is 0 Å². The van der Waals surface area contributed by atoms with Gasteiger partial charge in [0.2, 0.25) is 0 Å². The summed E-state index contributed by atoms with van der Waals surface area (Å²) in [5, 5.41) is 13.5. The van der Waals surface area contributed by atoms with Crippen LogP contribution in [0.5, 0.6) is 0 Å². The highest BCUT2D eigenvalue weighted by atomic mass is 79.9. The number of carboxylic acids is 1. The number of aromatic nitrogens is 1. The van der Waals surface area contributed by atoms with E-state index in [1.54, 1.807) is 41.4 Å². The van der Waals surface area contributed by atoms with Crippen LogP contribution in [0.4, 0.5) is 0 Å². The van der Waals surface area contributed by atoms with Crippen LogP contribution in [0.25, 0.3) is 0 Å². The zero-order chi connectivity index (χ0) is 14.0. The largest absolute Gasteiger partial charge is 0.479 e. The van der Waals surface area contributed by atoms with Gasteiger partial charge in [-0.3, -0.25) is 4.79 Å². The number of hydrogen-bond donors (Lipinski definition) is 2. The van der Waals surface area contributed by atoms with E-state index in [0.29, 0.717) is 10.6 Å². The van der Waals surface area contributed by atoms with E-state index in [9.17, 15) is 14.7 Å². The lowest BCUT2D eigenvalue weighted by atomic mass is 10.2. The molecule has 0 aromatic carbocycles. The number of carbonyl (C=O) groups excluding carboxylic acids is 1. The van der Waals surface area contributed by atoms with Crippen molar-refractivity contribution in [3.8, 4) is 0 Å². The van der Waals surface area contributed by atoms with Gasteiger partial charge >= 0.3 is 5.97 Å². The number of nitrogens with zero attached hydrogens (tertiary/aromatic N) is 1. The van der Waals surface area contributed by atoms with Gasteiger partial charge in [-0.1, -0.05) is 6.07 Å². The molecule has 1 amide bonds. The van der Waals surface area contributed by atoms with E-state index in [4.69, 9.17) is 0 Å². The van der Waals surface area contributed by atoms with E-state index >= 15 is 0 Å². The molecule has 2 N–H and O–H groups in total. The molecule has 0 bridgehead atoms. The molecule has 0 saturated heterocycles. The topological polar surface area (TPSA) is 71.3 Å². The Hall–Kier alpha value is -1.60. The molecule has 0 aliphatic heterocycles. The Morgan fingerprint density at radius 3 is 2.74 bits per heavy atom. The van der Waals surface area contributed by atoms with Crippen molar-refractivity contribution in [2.24, 2.45) is 7.05 Å². The van der Waals surface area contributed by atoms with Crippen molar-refractivity contribution in [3.63, 3.8) is 0 Å². The first-order valence-electron chi connectivity index (χ1n) is 5.38. The molecule has 5 nitrogen and oxygen atoms in total. The lowest BCUT2D eigenvalue weighted by Gasteiger charge is -2.13. The standard InChI is InChI=1S/C12H11BrN2O3S/c1-15-6-7(13)5-8(15)11(16)14-10(12(17)18)9-3-2-4-19-9/h2-6,10H,1H3,(H,14,16)(H,17,18)/t10-/m1/s1. The van der Waals surface area contributed by atoms with E-state index < -0.39 is 17.9 Å². The van der Waals surface area contributed by atoms with Crippen LogP contribution in [0.3, 0.4) is 0 Å². The first-order chi connectivity index (χ1) is 8.99. The number of thiophene rings is 1. The molecule has 100 valence electrons. The average Bonchev–Trinajstić information content (AvgIpc) is 2.95. The van der Waals surface area contributed by atoms with Crippen molar-refractivity contribution in [2.75, 3.05) is 0 Å². The molecule has 0 saturated carbocycles. The van der Waals surface area contributed by atoms with Gasteiger partial charge in [0, 0.05) is 22.6 Å². The smallest absolute Gasteiger partial charge is 0.331 e. The van der Waals surface area contributed by atoms with Gasteiger partial charge in [0.25, 0.3) is 5.91 Å². The van der Waals surface area contributed by atoms with Gasteiger partial charge in [-0.2, -0.15) is 0 Å². The van der Waals surface area contributed by atoms with Crippen molar-refractivity contribution >= 4 is 39.1 Å². The first kappa shape index (κ1) is 13.8. The summed E-state index contributed by atoms with van der Waals surface area (Å²) in [6, 6.07) is 4.05. The van der Waals surface area contributed by atoms with Crippen molar-refractivity contribution in [1.82, 2.24) is 9.88 Å². The first-order valence-corrected chi connectivity index (χ1v) is 7.05. The van der Waals surface area contributed by atoms with E-state index in [1.165, 1.54) is 11.3 Å². The predicted molar refractivity (Wildman–Crippen MR) is 75.3 cm³/mol. The van der Waals surface area contributed by atoms with Crippen LogP contribution in [0.1, 0.15) is 21.4 Å². The summed E-state index contributed by atoms with van der Waals surface area (Å²) in [6.07, 6.45) is 1.73. The van der Waals surface area contributed by atoms with Crippen LogP contribution in [0.15, 0.2) is 34.2 Å². The van der Waals surface area contributed by atoms with E-state index in [0.717, 1.165) is 4.47 Å². The summed E-state index contributed by atoms with van der Waals surface area (Å²) in [7, 11) is 1.72. The highest BCUT2D eigenvalue weighted by Gasteiger charge is 2.24. The highest BCUT2D eigenvalue weighted by molar-refractivity contribution is 9.10. The minimum Gasteiger partial charge on any atom is -0.479 e. The minimum absolute atomic E-state index is 0.398. The number of nitrogens with one attached hydrogen (secondary N) is 1. The maximum absolute atomic E-state index is 12.1. The maximum Gasteiger partial charge on any atom is 0.331 e. The monoisotopic (exact) mass is 342 g/mol. The fourth-order valence-corrected chi connectivity index (χ4v) is 2.96. The van der Waals surface area contributed by atoms with Crippen LogP contribution in [-0.4, -0.2) is 21.6 Å². The van der Waals surface area contributed by atoms with Crippen molar-refractivity contribution in [1.29, 1.82) is 0 Å². The minimum atomic E-state index is -1.08. The fourth-order valence-electron chi connectivity index (χ4n) is 1.67. The lowest BCUT2D eigenvalue weighted by molar-refractivity contribution is -0.139. The van der Waals surface area contributed by atoms with E-state index in [1.807, 2.05) is 0 Å². The summed E-state index contributed by atoms with van der Waals surface area (Å²) in [5.41, 5.74) is 0.398. The van der Waals surface area contributed by atoms with Crippen LogP contribution < -0.4 is 5.32 Å². The van der Waals surface area contributed by atoms with Gasteiger partial charge < -0.3 is 15.0 Å². The molecule has 2 aromatic heterocycles. The summed E-state index contributed by atoms with van der Waals surface area (Å²) >= 11 is 4.56. The van der Waals surface area contributed by atoms with Gasteiger partial charge in [0.1, 0.15) is 5.69 Å². The Morgan fingerprint density at radius 2 is 2.26 bits per heavy atom. The summed E-state index contributed by atoms with van der Waals surface area (Å²) in [4.78, 5) is 23.9. The van der Waals surface area contributed by atoms with E-state index in [-0.39, 0.29) is 0 Å². The molecule has 2 aromatic rings. The fraction of sp³-hybridized carbons (Fsp3) is 0.167. The van der Waals surface area contributed by atoms with Crippen molar-refractivity contribution < 1.29 is 14.7 Å². The number of aliphatic carboxylic acids is 1. The van der Waals surface area contributed by atoms with Crippen molar-refractivity contribution in [2.45, 2.75) is 6.04 Å². The van der Waals surface area contributed by atoms with Crippen LogP contribution in [-0.2, 0) is 11.8 Å². The number of carbonyl (C=O) groups is 2. The molecule has 1 atom stereocenters. The number of amides is 1. The molecule has 0 radical (unpaired) electrons. The zero-order valence-corrected chi connectivity index (χ0v) is 12.4. The third-order valence-electron chi connectivity index (χ3n) is 2.55. The molecule has 2 rings (SSSR count). The SMILES string of the molecule is Cn1cc(Br)cc1C(=O)N[C@@H](C(=O)O)c1cccs1. The quantitative estimate of drug-likeness (QED) is 0.896. The molecule has 7 heteroatoms. The third kappa shape index (κ3) is 3.05. The highest BCUT2D eigenvalue weighted by Crippen LogP contribution is 2.20. The lowest BCUT2D eigenvalue weighted by Crippen LogP contribution is -2.34. The second-order valence-corrected chi connectivity index (χ2v) is 5.81. The van der Waals surface area contributed by atoms with Gasteiger partial charge in [0.05, 0.1) is 0 Å².